The Balaban J connectivity index is 0.000000192. The fourth-order valence-electron chi connectivity index (χ4n) is 3.08. The maximum atomic E-state index is 11.3. The van der Waals surface area contributed by atoms with Gasteiger partial charge in [0.05, 0.1) is 4.90 Å². The maximum Gasteiger partial charge on any atom is 0.238 e. The average molecular weight is 382 g/mol. The summed E-state index contributed by atoms with van der Waals surface area (Å²) in [5.41, 5.74) is 7.06. The topological polar surface area (TPSA) is 107 Å². The van der Waals surface area contributed by atoms with Crippen LogP contribution in [0.15, 0.2) is 47.4 Å². The van der Waals surface area contributed by atoms with Gasteiger partial charge in [-0.05, 0) is 49.4 Å². The first kappa shape index (κ1) is 18.0. The van der Waals surface area contributed by atoms with E-state index in [1.54, 1.807) is 30.3 Å². The van der Waals surface area contributed by atoms with Gasteiger partial charge in [0.15, 0.2) is 0 Å². The van der Waals surface area contributed by atoms with Crippen LogP contribution in [0.2, 0.25) is 5.02 Å². The molecule has 0 radical (unpaired) electrons. The summed E-state index contributed by atoms with van der Waals surface area (Å²) in [4.78, 5) is 0.166. The van der Waals surface area contributed by atoms with Crippen molar-refractivity contribution in [2.75, 3.05) is 18.8 Å². The monoisotopic (exact) mass is 381 g/mol. The summed E-state index contributed by atoms with van der Waals surface area (Å²) in [7, 11) is -3.63. The average Bonchev–Trinajstić information content (AvgIpc) is 2.92. The third-order valence-corrected chi connectivity index (χ3v) is 5.41. The van der Waals surface area contributed by atoms with Crippen LogP contribution in [0.1, 0.15) is 17.9 Å². The zero-order valence-electron chi connectivity index (χ0n) is 13.5. The molecule has 2 aliphatic rings. The lowest BCUT2D eigenvalue weighted by atomic mass is 9.90. The van der Waals surface area contributed by atoms with Crippen LogP contribution in [0.4, 0.5) is 5.69 Å². The van der Waals surface area contributed by atoms with Crippen LogP contribution in [0.3, 0.4) is 0 Å². The largest absolute Gasteiger partial charge is 0.488 e. The second-order valence-electron chi connectivity index (χ2n) is 6.06. The molecule has 0 aromatic heterocycles. The van der Waals surface area contributed by atoms with Crippen molar-refractivity contribution in [3.8, 4) is 5.75 Å². The molecule has 2 aliphatic heterocycles. The molecule has 2 unspecified atom stereocenters. The van der Waals surface area contributed by atoms with Crippen molar-refractivity contribution in [1.29, 1.82) is 0 Å². The molecule has 8 heteroatoms. The zero-order valence-corrected chi connectivity index (χ0v) is 15.1. The van der Waals surface area contributed by atoms with Crippen LogP contribution in [0.5, 0.6) is 5.75 Å². The van der Waals surface area contributed by atoms with Gasteiger partial charge in [0.25, 0.3) is 0 Å². The van der Waals surface area contributed by atoms with Crippen LogP contribution in [0, 0.1) is 0 Å². The molecule has 134 valence electrons. The number of nitrogens with one attached hydrogen (secondary N) is 1. The van der Waals surface area contributed by atoms with Gasteiger partial charge in [0, 0.05) is 28.7 Å². The molecule has 6 nitrogen and oxygen atoms in total. The number of piperidine rings is 1. The standard InChI is InChI=1S/C11H14N2O3S.C6H6ClN/c12-17(14,15)7-1-2-10-9(5-7)8-3-4-13-6-11(8)16-10;7-5-2-1-3-6(8)4-5/h1-2,5,8,11,13H,3-4,6H2,(H2,12,14,15);1-4H,8H2. The number of anilines is 1. The van der Waals surface area contributed by atoms with Crippen molar-refractivity contribution in [2.24, 2.45) is 5.14 Å². The Morgan fingerprint density at radius 2 is 2.00 bits per heavy atom. The molecular formula is C17H20ClN3O3S. The first-order valence-corrected chi connectivity index (χ1v) is 9.82. The number of nitrogen functional groups attached to an aromatic ring is 1. The Morgan fingerprint density at radius 1 is 1.20 bits per heavy atom. The van der Waals surface area contributed by atoms with E-state index in [0.29, 0.717) is 10.7 Å². The van der Waals surface area contributed by atoms with Crippen LogP contribution in [0.25, 0.3) is 0 Å². The molecule has 0 aliphatic carbocycles. The second kappa shape index (κ2) is 7.21. The molecule has 5 N–H and O–H groups in total. The molecule has 0 saturated carbocycles. The first-order chi connectivity index (χ1) is 11.8. The van der Waals surface area contributed by atoms with Crippen LogP contribution in [-0.4, -0.2) is 27.6 Å². The highest BCUT2D eigenvalue weighted by atomic mass is 35.5. The minimum absolute atomic E-state index is 0.120. The molecule has 25 heavy (non-hydrogen) atoms. The fourth-order valence-corrected chi connectivity index (χ4v) is 3.83. The third kappa shape index (κ3) is 4.24. The number of fused-ring (bicyclic) bond motifs is 3. The molecule has 1 fully saturated rings. The van der Waals surface area contributed by atoms with E-state index in [4.69, 9.17) is 27.2 Å². The van der Waals surface area contributed by atoms with E-state index in [-0.39, 0.29) is 16.9 Å². The molecule has 0 amide bonds. The van der Waals surface area contributed by atoms with E-state index < -0.39 is 10.0 Å². The summed E-state index contributed by atoms with van der Waals surface area (Å²) < 4.78 is 28.4. The molecule has 4 rings (SSSR count). The number of hydrogen-bond donors (Lipinski definition) is 3. The Bertz CT molecular complexity index is 856. The maximum absolute atomic E-state index is 11.3. The van der Waals surface area contributed by atoms with Gasteiger partial charge in [0.1, 0.15) is 11.9 Å². The van der Waals surface area contributed by atoms with E-state index in [1.807, 2.05) is 6.07 Å². The van der Waals surface area contributed by atoms with E-state index >= 15 is 0 Å². The minimum Gasteiger partial charge on any atom is -0.488 e. The Morgan fingerprint density at radius 3 is 2.64 bits per heavy atom. The summed E-state index contributed by atoms with van der Waals surface area (Å²) in [5, 5.41) is 9.09. The summed E-state index contributed by atoms with van der Waals surface area (Å²) in [6.07, 6.45) is 1.08. The van der Waals surface area contributed by atoms with Crippen molar-refractivity contribution in [3.63, 3.8) is 0 Å². The molecule has 0 spiro atoms. The van der Waals surface area contributed by atoms with Gasteiger partial charge < -0.3 is 15.8 Å². The van der Waals surface area contributed by atoms with E-state index in [9.17, 15) is 8.42 Å². The highest BCUT2D eigenvalue weighted by Gasteiger charge is 2.36. The van der Waals surface area contributed by atoms with Crippen LogP contribution in [-0.2, 0) is 10.0 Å². The van der Waals surface area contributed by atoms with E-state index in [0.717, 1.165) is 30.8 Å². The Labute approximate surface area is 152 Å². The lowest BCUT2D eigenvalue weighted by molar-refractivity contribution is 0.177. The highest BCUT2D eigenvalue weighted by Crippen LogP contribution is 2.41. The number of sulfonamides is 1. The number of benzene rings is 2. The lowest BCUT2D eigenvalue weighted by Gasteiger charge is -2.24. The van der Waals surface area contributed by atoms with Gasteiger partial charge >= 0.3 is 0 Å². The van der Waals surface area contributed by atoms with E-state index in [2.05, 4.69) is 5.32 Å². The Hall–Kier alpha value is -1.80. The van der Waals surface area contributed by atoms with Gasteiger partial charge in [-0.15, -0.1) is 0 Å². The minimum atomic E-state index is -3.63. The molecule has 1 saturated heterocycles. The molecular weight excluding hydrogens is 362 g/mol. The van der Waals surface area contributed by atoms with Gasteiger partial charge in [-0.1, -0.05) is 17.7 Å². The zero-order chi connectivity index (χ0) is 18.0. The molecule has 2 atom stereocenters. The van der Waals surface area contributed by atoms with Gasteiger partial charge in [-0.2, -0.15) is 0 Å². The number of halogens is 1. The second-order valence-corrected chi connectivity index (χ2v) is 8.05. The first-order valence-electron chi connectivity index (χ1n) is 7.90. The number of primary sulfonamides is 1. The van der Waals surface area contributed by atoms with Crippen molar-refractivity contribution in [3.05, 3.63) is 53.1 Å². The molecule has 2 heterocycles. The fraction of sp³-hybridized carbons (Fsp3) is 0.294. The summed E-state index contributed by atoms with van der Waals surface area (Å²) in [6, 6.07) is 12.0. The quantitative estimate of drug-likeness (QED) is 0.655. The highest BCUT2D eigenvalue weighted by molar-refractivity contribution is 7.89. The predicted octanol–water partition coefficient (Wildman–Crippen LogP) is 2.09. The SMILES string of the molecule is NS(=O)(=O)c1ccc2c(c1)C1CCNCC1O2.Nc1cccc(Cl)c1. The number of rotatable bonds is 1. The van der Waals surface area contributed by atoms with Crippen molar-refractivity contribution in [1.82, 2.24) is 5.32 Å². The number of ether oxygens (including phenoxy) is 1. The third-order valence-electron chi connectivity index (χ3n) is 4.26. The molecule has 0 bridgehead atoms. The van der Waals surface area contributed by atoms with Crippen LogP contribution >= 0.6 is 11.6 Å². The summed E-state index contributed by atoms with van der Waals surface area (Å²) >= 11 is 5.56. The van der Waals surface area contributed by atoms with Crippen molar-refractivity contribution in [2.45, 2.75) is 23.3 Å². The van der Waals surface area contributed by atoms with Crippen LogP contribution < -0.4 is 20.9 Å². The Kier molecular flexibility index (Phi) is 5.19. The van der Waals surface area contributed by atoms with Gasteiger partial charge in [-0.25, -0.2) is 13.6 Å². The normalized spacial score (nSPS) is 21.4. The number of hydrogen-bond acceptors (Lipinski definition) is 5. The smallest absolute Gasteiger partial charge is 0.238 e. The summed E-state index contributed by atoms with van der Waals surface area (Å²) in [5.74, 6) is 1.07. The van der Waals surface area contributed by atoms with Crippen molar-refractivity contribution < 1.29 is 13.2 Å². The predicted molar refractivity (Wildman–Crippen MR) is 98.3 cm³/mol. The molecule has 2 aromatic carbocycles. The molecule has 2 aromatic rings. The van der Waals surface area contributed by atoms with Crippen molar-refractivity contribution >= 4 is 27.3 Å². The van der Waals surface area contributed by atoms with Gasteiger partial charge in [-0.3, -0.25) is 0 Å². The summed E-state index contributed by atoms with van der Waals surface area (Å²) in [6.45, 7) is 1.74. The van der Waals surface area contributed by atoms with E-state index in [1.165, 1.54) is 6.07 Å². The number of nitrogens with two attached hydrogens (primary N) is 2. The van der Waals surface area contributed by atoms with Gasteiger partial charge in [0.2, 0.25) is 10.0 Å². The lowest BCUT2D eigenvalue weighted by Crippen LogP contribution is -2.39.